The Morgan fingerprint density at radius 2 is 2.35 bits per heavy atom. The van der Waals surface area contributed by atoms with Crippen molar-refractivity contribution in [3.8, 4) is 0 Å². The Morgan fingerprint density at radius 3 is 3.06 bits per heavy atom. The lowest BCUT2D eigenvalue weighted by molar-refractivity contribution is 0.568. The zero-order valence-corrected chi connectivity index (χ0v) is 10.8. The molecule has 0 saturated carbocycles. The lowest BCUT2D eigenvalue weighted by atomic mass is 10.1. The van der Waals surface area contributed by atoms with Gasteiger partial charge in [-0.15, -0.1) is 0 Å². The number of rotatable bonds is 5. The maximum absolute atomic E-state index is 4.56. The van der Waals surface area contributed by atoms with Gasteiger partial charge in [0, 0.05) is 25.8 Å². The quantitative estimate of drug-likeness (QED) is 0.850. The van der Waals surface area contributed by atoms with Crippen molar-refractivity contribution in [3.05, 3.63) is 12.3 Å². The molecule has 17 heavy (non-hydrogen) atoms. The third kappa shape index (κ3) is 3.08. The molecule has 1 aromatic heterocycles. The van der Waals surface area contributed by atoms with Crippen LogP contribution >= 0.6 is 0 Å². The Hall–Kier alpha value is -1.32. The van der Waals surface area contributed by atoms with Gasteiger partial charge in [-0.3, -0.25) is 0 Å². The molecular formula is C13H22N4. The molecule has 0 aliphatic carbocycles. The van der Waals surface area contributed by atoms with E-state index < -0.39 is 0 Å². The summed E-state index contributed by atoms with van der Waals surface area (Å²) in [5, 5.41) is 3.23. The van der Waals surface area contributed by atoms with Crippen molar-refractivity contribution >= 4 is 11.8 Å². The summed E-state index contributed by atoms with van der Waals surface area (Å²) in [5.41, 5.74) is 0. The number of aromatic nitrogens is 2. The SMILES string of the molecule is CCCNc1nccc(N2CCC(CC)C2)n1. The van der Waals surface area contributed by atoms with Crippen LogP contribution < -0.4 is 10.2 Å². The third-order valence-electron chi connectivity index (χ3n) is 3.36. The number of anilines is 2. The van der Waals surface area contributed by atoms with E-state index in [0.717, 1.165) is 43.7 Å². The van der Waals surface area contributed by atoms with Crippen molar-refractivity contribution in [1.82, 2.24) is 9.97 Å². The molecule has 0 amide bonds. The second kappa shape index (κ2) is 5.84. The van der Waals surface area contributed by atoms with Crippen molar-refractivity contribution in [1.29, 1.82) is 0 Å². The molecule has 4 nitrogen and oxygen atoms in total. The summed E-state index contributed by atoms with van der Waals surface area (Å²) < 4.78 is 0. The van der Waals surface area contributed by atoms with E-state index in [1.807, 2.05) is 12.3 Å². The molecule has 1 unspecified atom stereocenters. The van der Waals surface area contributed by atoms with Gasteiger partial charge >= 0.3 is 0 Å². The van der Waals surface area contributed by atoms with Crippen molar-refractivity contribution in [3.63, 3.8) is 0 Å². The van der Waals surface area contributed by atoms with Crippen LogP contribution in [0.5, 0.6) is 0 Å². The van der Waals surface area contributed by atoms with Crippen LogP contribution in [-0.4, -0.2) is 29.6 Å². The van der Waals surface area contributed by atoms with E-state index in [0.29, 0.717) is 0 Å². The zero-order chi connectivity index (χ0) is 12.1. The van der Waals surface area contributed by atoms with Gasteiger partial charge in [-0.2, -0.15) is 4.98 Å². The first-order valence-corrected chi connectivity index (χ1v) is 6.65. The normalized spacial score (nSPS) is 19.6. The minimum absolute atomic E-state index is 0.754. The molecule has 1 fully saturated rings. The maximum Gasteiger partial charge on any atom is 0.224 e. The highest BCUT2D eigenvalue weighted by atomic mass is 15.2. The van der Waals surface area contributed by atoms with Crippen molar-refractivity contribution in [2.75, 3.05) is 29.9 Å². The van der Waals surface area contributed by atoms with E-state index in [4.69, 9.17) is 0 Å². The van der Waals surface area contributed by atoms with Gasteiger partial charge in [-0.05, 0) is 24.8 Å². The van der Waals surface area contributed by atoms with E-state index in [1.54, 1.807) is 0 Å². The van der Waals surface area contributed by atoms with Gasteiger partial charge in [0.1, 0.15) is 5.82 Å². The fraction of sp³-hybridized carbons (Fsp3) is 0.692. The second-order valence-electron chi connectivity index (χ2n) is 4.67. The summed E-state index contributed by atoms with van der Waals surface area (Å²) >= 11 is 0. The Morgan fingerprint density at radius 1 is 1.47 bits per heavy atom. The standard InChI is InChI=1S/C13H22N4/c1-3-7-14-13-15-8-5-12(16-13)17-9-6-11(4-2)10-17/h5,8,11H,3-4,6-7,9-10H2,1-2H3,(H,14,15,16). The van der Waals surface area contributed by atoms with Crippen LogP contribution in [-0.2, 0) is 0 Å². The van der Waals surface area contributed by atoms with Crippen molar-refractivity contribution < 1.29 is 0 Å². The molecule has 0 spiro atoms. The van der Waals surface area contributed by atoms with Crippen molar-refractivity contribution in [2.45, 2.75) is 33.1 Å². The van der Waals surface area contributed by atoms with Crippen molar-refractivity contribution in [2.24, 2.45) is 5.92 Å². The minimum atomic E-state index is 0.754. The van der Waals surface area contributed by atoms with Gasteiger partial charge in [0.2, 0.25) is 5.95 Å². The largest absolute Gasteiger partial charge is 0.356 e. The van der Waals surface area contributed by atoms with E-state index >= 15 is 0 Å². The summed E-state index contributed by atoms with van der Waals surface area (Å²) in [7, 11) is 0. The molecule has 1 atom stereocenters. The van der Waals surface area contributed by atoms with E-state index in [9.17, 15) is 0 Å². The predicted molar refractivity (Wildman–Crippen MR) is 71.4 cm³/mol. The van der Waals surface area contributed by atoms with Crippen LogP contribution in [0.25, 0.3) is 0 Å². The summed E-state index contributed by atoms with van der Waals surface area (Å²) in [4.78, 5) is 11.2. The van der Waals surface area contributed by atoms with E-state index in [2.05, 4.69) is 34.0 Å². The van der Waals surface area contributed by atoms with Gasteiger partial charge in [-0.1, -0.05) is 20.3 Å². The fourth-order valence-corrected chi connectivity index (χ4v) is 2.22. The molecule has 0 aromatic carbocycles. The number of nitrogens with one attached hydrogen (secondary N) is 1. The van der Waals surface area contributed by atoms with Crippen LogP contribution in [0.4, 0.5) is 11.8 Å². The lowest BCUT2D eigenvalue weighted by Crippen LogP contribution is -2.21. The Kier molecular flexibility index (Phi) is 4.18. The van der Waals surface area contributed by atoms with Crippen LogP contribution in [0.15, 0.2) is 12.3 Å². The van der Waals surface area contributed by atoms with Gasteiger partial charge in [0.05, 0.1) is 0 Å². The van der Waals surface area contributed by atoms with Crippen LogP contribution in [0.1, 0.15) is 33.1 Å². The highest BCUT2D eigenvalue weighted by Crippen LogP contribution is 2.24. The highest BCUT2D eigenvalue weighted by molar-refractivity contribution is 5.43. The molecule has 2 heterocycles. The smallest absolute Gasteiger partial charge is 0.224 e. The number of nitrogens with zero attached hydrogens (tertiary/aromatic N) is 3. The van der Waals surface area contributed by atoms with E-state index in [-0.39, 0.29) is 0 Å². The van der Waals surface area contributed by atoms with Crippen LogP contribution in [0, 0.1) is 5.92 Å². The Labute approximate surface area is 103 Å². The third-order valence-corrected chi connectivity index (χ3v) is 3.36. The Balaban J connectivity index is 2.01. The zero-order valence-electron chi connectivity index (χ0n) is 10.8. The maximum atomic E-state index is 4.56. The summed E-state index contributed by atoms with van der Waals surface area (Å²) in [6.07, 6.45) is 5.50. The molecule has 1 aromatic rings. The number of hydrogen-bond acceptors (Lipinski definition) is 4. The van der Waals surface area contributed by atoms with Crippen LogP contribution in [0.3, 0.4) is 0 Å². The predicted octanol–water partition coefficient (Wildman–Crippen LogP) is 2.53. The first kappa shape index (κ1) is 12.1. The van der Waals surface area contributed by atoms with Gasteiger partial charge in [0.25, 0.3) is 0 Å². The minimum Gasteiger partial charge on any atom is -0.356 e. The molecule has 4 heteroatoms. The average Bonchev–Trinajstić information content (AvgIpc) is 2.85. The van der Waals surface area contributed by atoms with Crippen LogP contribution in [0.2, 0.25) is 0 Å². The first-order valence-electron chi connectivity index (χ1n) is 6.65. The molecule has 0 bridgehead atoms. The second-order valence-corrected chi connectivity index (χ2v) is 4.67. The monoisotopic (exact) mass is 234 g/mol. The molecule has 1 saturated heterocycles. The average molecular weight is 234 g/mol. The summed E-state index contributed by atoms with van der Waals surface area (Å²) in [6.45, 7) is 7.61. The van der Waals surface area contributed by atoms with Gasteiger partial charge in [0.15, 0.2) is 0 Å². The van der Waals surface area contributed by atoms with Gasteiger partial charge in [-0.25, -0.2) is 4.98 Å². The van der Waals surface area contributed by atoms with E-state index in [1.165, 1.54) is 12.8 Å². The topological polar surface area (TPSA) is 41.1 Å². The molecular weight excluding hydrogens is 212 g/mol. The molecule has 1 aliphatic rings. The summed E-state index contributed by atoms with van der Waals surface area (Å²) in [5.74, 6) is 2.65. The number of hydrogen-bond donors (Lipinski definition) is 1. The molecule has 1 aliphatic heterocycles. The summed E-state index contributed by atoms with van der Waals surface area (Å²) in [6, 6.07) is 2.01. The fourth-order valence-electron chi connectivity index (χ4n) is 2.22. The highest BCUT2D eigenvalue weighted by Gasteiger charge is 2.22. The molecule has 1 N–H and O–H groups in total. The lowest BCUT2D eigenvalue weighted by Gasteiger charge is -2.17. The Bertz CT molecular complexity index is 353. The molecule has 0 radical (unpaired) electrons. The first-order chi connectivity index (χ1) is 8.33. The molecule has 2 rings (SSSR count). The van der Waals surface area contributed by atoms with Gasteiger partial charge < -0.3 is 10.2 Å². The molecule has 94 valence electrons.